The van der Waals surface area contributed by atoms with Gasteiger partial charge < -0.3 is 14.1 Å². The number of hydrogen-bond acceptors (Lipinski definition) is 5. The molecule has 4 aromatic rings. The standard InChI is InChI=1S/C19H14BrN3O4/c20-14-8-21-23(9-14)10-15-5-6-17(27-15)19(25)26-11-13-7-12-3-1-2-4-16(12)22-18(13)24/h1-9H,10-11H2,(H,22,24). The van der Waals surface area contributed by atoms with Gasteiger partial charge in [-0.2, -0.15) is 5.10 Å². The molecule has 0 spiro atoms. The lowest BCUT2D eigenvalue weighted by atomic mass is 10.1. The maximum atomic E-state index is 12.2. The van der Waals surface area contributed by atoms with Crippen LogP contribution in [0.15, 0.2) is 68.5 Å². The number of fused-ring (bicyclic) bond motifs is 1. The Bertz CT molecular complexity index is 1170. The highest BCUT2D eigenvalue weighted by molar-refractivity contribution is 9.10. The number of rotatable bonds is 5. The van der Waals surface area contributed by atoms with E-state index in [-0.39, 0.29) is 17.9 Å². The molecule has 3 heterocycles. The molecule has 0 amide bonds. The number of ether oxygens (including phenoxy) is 1. The summed E-state index contributed by atoms with van der Waals surface area (Å²) in [6, 6.07) is 12.4. The van der Waals surface area contributed by atoms with E-state index in [2.05, 4.69) is 26.0 Å². The molecule has 1 aromatic carbocycles. The zero-order valence-corrected chi connectivity index (χ0v) is 15.6. The van der Waals surface area contributed by atoms with E-state index in [1.807, 2.05) is 24.3 Å². The minimum absolute atomic E-state index is 0.0773. The molecule has 7 nitrogen and oxygen atoms in total. The molecule has 3 aromatic heterocycles. The number of carbonyl (C=O) groups is 1. The molecule has 0 aliphatic rings. The van der Waals surface area contributed by atoms with Crippen LogP contribution in [-0.2, 0) is 17.9 Å². The summed E-state index contributed by atoms with van der Waals surface area (Å²) in [5.74, 6) is 0.0185. The summed E-state index contributed by atoms with van der Waals surface area (Å²) in [7, 11) is 0. The van der Waals surface area contributed by atoms with Gasteiger partial charge in [-0.15, -0.1) is 0 Å². The molecule has 0 fully saturated rings. The van der Waals surface area contributed by atoms with Gasteiger partial charge in [0.25, 0.3) is 5.56 Å². The van der Waals surface area contributed by atoms with Crippen LogP contribution in [0.25, 0.3) is 10.9 Å². The van der Waals surface area contributed by atoms with E-state index >= 15 is 0 Å². The third-order valence-electron chi connectivity index (χ3n) is 3.97. The number of carbonyl (C=O) groups excluding carboxylic acids is 1. The van der Waals surface area contributed by atoms with Crippen LogP contribution in [-0.4, -0.2) is 20.7 Å². The molecule has 136 valence electrons. The van der Waals surface area contributed by atoms with Gasteiger partial charge in [-0.25, -0.2) is 4.79 Å². The molecule has 0 unspecified atom stereocenters. The summed E-state index contributed by atoms with van der Waals surface area (Å²) < 4.78 is 13.3. The molecule has 0 aliphatic carbocycles. The van der Waals surface area contributed by atoms with E-state index in [0.717, 1.165) is 15.4 Å². The quantitative estimate of drug-likeness (QED) is 0.492. The SMILES string of the molecule is O=C(OCc1cc2ccccc2[nH]c1=O)c1ccc(Cn2cc(Br)cn2)o1. The third kappa shape index (κ3) is 3.85. The zero-order valence-electron chi connectivity index (χ0n) is 14.0. The highest BCUT2D eigenvalue weighted by Gasteiger charge is 2.14. The van der Waals surface area contributed by atoms with Crippen molar-refractivity contribution < 1.29 is 13.9 Å². The number of furan rings is 1. The Kier molecular flexibility index (Phi) is 4.64. The Hall–Kier alpha value is -3.13. The van der Waals surface area contributed by atoms with Crippen molar-refractivity contribution in [2.75, 3.05) is 0 Å². The predicted octanol–water partition coefficient (Wildman–Crippen LogP) is 3.49. The summed E-state index contributed by atoms with van der Waals surface area (Å²) in [6.07, 6.45) is 3.46. The van der Waals surface area contributed by atoms with Crippen LogP contribution in [0.2, 0.25) is 0 Å². The van der Waals surface area contributed by atoms with Crippen molar-refractivity contribution in [2.45, 2.75) is 13.2 Å². The first-order valence-corrected chi connectivity index (χ1v) is 8.92. The third-order valence-corrected chi connectivity index (χ3v) is 4.38. The number of esters is 1. The number of aromatic nitrogens is 3. The lowest BCUT2D eigenvalue weighted by Gasteiger charge is -2.04. The van der Waals surface area contributed by atoms with E-state index in [1.165, 1.54) is 0 Å². The topological polar surface area (TPSA) is 90.1 Å². The van der Waals surface area contributed by atoms with Gasteiger partial charge in [0.15, 0.2) is 0 Å². The van der Waals surface area contributed by atoms with Crippen molar-refractivity contribution in [3.63, 3.8) is 0 Å². The lowest BCUT2D eigenvalue weighted by Crippen LogP contribution is -2.15. The Morgan fingerprint density at radius 2 is 2.11 bits per heavy atom. The van der Waals surface area contributed by atoms with Crippen molar-refractivity contribution in [3.8, 4) is 0 Å². The van der Waals surface area contributed by atoms with Crippen LogP contribution in [0.5, 0.6) is 0 Å². The molecule has 1 N–H and O–H groups in total. The second kappa shape index (κ2) is 7.24. The summed E-state index contributed by atoms with van der Waals surface area (Å²) in [4.78, 5) is 27.1. The molecule has 0 radical (unpaired) electrons. The Balaban J connectivity index is 1.44. The van der Waals surface area contributed by atoms with Gasteiger partial charge in [0.05, 0.1) is 22.8 Å². The molecular weight excluding hydrogens is 414 g/mol. The smallest absolute Gasteiger partial charge is 0.374 e. The molecule has 0 saturated heterocycles. The van der Waals surface area contributed by atoms with E-state index in [4.69, 9.17) is 9.15 Å². The van der Waals surface area contributed by atoms with Crippen molar-refractivity contribution in [1.82, 2.24) is 14.8 Å². The number of H-pyrrole nitrogens is 1. The molecule has 8 heteroatoms. The number of aromatic amines is 1. The normalized spacial score (nSPS) is 11.0. The molecule has 0 aliphatic heterocycles. The number of pyridine rings is 1. The Morgan fingerprint density at radius 1 is 1.26 bits per heavy atom. The largest absolute Gasteiger partial charge is 0.455 e. The molecule has 0 bridgehead atoms. The first-order chi connectivity index (χ1) is 13.1. The second-order valence-electron chi connectivity index (χ2n) is 5.91. The molecular formula is C19H14BrN3O4. The summed E-state index contributed by atoms with van der Waals surface area (Å²) >= 11 is 3.32. The maximum absolute atomic E-state index is 12.2. The van der Waals surface area contributed by atoms with Gasteiger partial charge in [-0.05, 0) is 45.6 Å². The summed E-state index contributed by atoms with van der Waals surface area (Å²) in [5, 5.41) is 5.00. The van der Waals surface area contributed by atoms with Crippen molar-refractivity contribution in [3.05, 3.63) is 86.8 Å². The van der Waals surface area contributed by atoms with Crippen LogP contribution >= 0.6 is 15.9 Å². The van der Waals surface area contributed by atoms with Gasteiger partial charge in [0.1, 0.15) is 12.4 Å². The van der Waals surface area contributed by atoms with Crippen molar-refractivity contribution in [2.24, 2.45) is 0 Å². The van der Waals surface area contributed by atoms with E-state index in [9.17, 15) is 9.59 Å². The van der Waals surface area contributed by atoms with Gasteiger partial charge in [-0.3, -0.25) is 9.48 Å². The Labute approximate surface area is 161 Å². The highest BCUT2D eigenvalue weighted by atomic mass is 79.9. The van der Waals surface area contributed by atoms with Crippen LogP contribution in [0.4, 0.5) is 0 Å². The average molecular weight is 428 g/mol. The molecule has 4 rings (SSSR count). The van der Waals surface area contributed by atoms with Crippen LogP contribution in [0.1, 0.15) is 21.9 Å². The predicted molar refractivity (Wildman–Crippen MR) is 101 cm³/mol. The van der Waals surface area contributed by atoms with Crippen LogP contribution < -0.4 is 5.56 Å². The number of hydrogen-bond donors (Lipinski definition) is 1. The minimum Gasteiger partial charge on any atom is -0.455 e. The zero-order chi connectivity index (χ0) is 18.8. The van der Waals surface area contributed by atoms with Gasteiger partial charge in [-0.1, -0.05) is 18.2 Å². The second-order valence-corrected chi connectivity index (χ2v) is 6.82. The number of nitrogens with one attached hydrogen (secondary N) is 1. The van der Waals surface area contributed by atoms with Gasteiger partial charge in [0, 0.05) is 11.7 Å². The fourth-order valence-electron chi connectivity index (χ4n) is 2.67. The van der Waals surface area contributed by atoms with Crippen LogP contribution in [0.3, 0.4) is 0 Å². The van der Waals surface area contributed by atoms with E-state index < -0.39 is 5.97 Å². The van der Waals surface area contributed by atoms with Gasteiger partial charge >= 0.3 is 5.97 Å². The number of benzene rings is 1. The number of nitrogens with zero attached hydrogens (tertiary/aromatic N) is 2. The first kappa shape index (κ1) is 17.3. The summed E-state index contributed by atoms with van der Waals surface area (Å²) in [6.45, 7) is 0.254. The first-order valence-electron chi connectivity index (χ1n) is 8.13. The minimum atomic E-state index is -0.629. The van der Waals surface area contributed by atoms with Crippen molar-refractivity contribution >= 4 is 32.8 Å². The fourth-order valence-corrected chi connectivity index (χ4v) is 3.00. The van der Waals surface area contributed by atoms with Crippen LogP contribution in [0, 0.1) is 0 Å². The monoisotopic (exact) mass is 427 g/mol. The number of para-hydroxylation sites is 1. The van der Waals surface area contributed by atoms with Gasteiger partial charge in [0.2, 0.25) is 5.76 Å². The molecule has 27 heavy (non-hydrogen) atoms. The summed E-state index contributed by atoms with van der Waals surface area (Å²) in [5.41, 5.74) is 0.819. The van der Waals surface area contributed by atoms with E-state index in [1.54, 1.807) is 35.3 Å². The molecule has 0 saturated carbocycles. The highest BCUT2D eigenvalue weighted by Crippen LogP contribution is 2.14. The van der Waals surface area contributed by atoms with E-state index in [0.29, 0.717) is 17.9 Å². The maximum Gasteiger partial charge on any atom is 0.374 e. The number of halogens is 1. The fraction of sp³-hybridized carbons (Fsp3) is 0.105. The van der Waals surface area contributed by atoms with Crippen molar-refractivity contribution in [1.29, 1.82) is 0 Å². The lowest BCUT2D eigenvalue weighted by molar-refractivity contribution is 0.0432. The Morgan fingerprint density at radius 3 is 2.93 bits per heavy atom. The average Bonchev–Trinajstić information content (AvgIpc) is 3.29. The molecule has 0 atom stereocenters.